The minimum Gasteiger partial charge on any atom is -0.493 e. The third-order valence-electron chi connectivity index (χ3n) is 4.09. The van der Waals surface area contributed by atoms with E-state index in [0.717, 1.165) is 5.56 Å². The standard InChI is InChI=1S/C19H21N3O5S/c1-13-11-15(25-2)16(26-3)12-17(13)28(23,24)20-10-9-18-21-22-19(27-18)14-7-5-4-6-8-14/h4-8,11-12,20H,9-10H2,1-3H3. The van der Waals surface area contributed by atoms with E-state index in [2.05, 4.69) is 14.9 Å². The molecule has 1 aromatic heterocycles. The van der Waals surface area contributed by atoms with Gasteiger partial charge >= 0.3 is 0 Å². The molecule has 0 bridgehead atoms. The maximum Gasteiger partial charge on any atom is 0.247 e. The van der Waals surface area contributed by atoms with Gasteiger partial charge in [-0.1, -0.05) is 18.2 Å². The van der Waals surface area contributed by atoms with Crippen LogP contribution in [0.2, 0.25) is 0 Å². The Kier molecular flexibility index (Phi) is 5.96. The molecule has 148 valence electrons. The Bertz CT molecular complexity index is 1050. The number of ether oxygens (including phenoxy) is 2. The Labute approximate surface area is 163 Å². The van der Waals surface area contributed by atoms with Crippen LogP contribution < -0.4 is 14.2 Å². The lowest BCUT2D eigenvalue weighted by Crippen LogP contribution is -2.26. The van der Waals surface area contributed by atoms with Crippen molar-refractivity contribution in [3.8, 4) is 23.0 Å². The lowest BCUT2D eigenvalue weighted by atomic mass is 10.2. The predicted octanol–water partition coefficient (Wildman–Crippen LogP) is 2.58. The van der Waals surface area contributed by atoms with E-state index in [1.807, 2.05) is 30.3 Å². The van der Waals surface area contributed by atoms with Gasteiger partial charge in [-0.2, -0.15) is 0 Å². The number of nitrogens with zero attached hydrogens (tertiary/aromatic N) is 2. The fraction of sp³-hybridized carbons (Fsp3) is 0.263. The van der Waals surface area contributed by atoms with Crippen LogP contribution in [0.1, 0.15) is 11.5 Å². The number of hydrogen-bond acceptors (Lipinski definition) is 7. The maximum absolute atomic E-state index is 12.7. The van der Waals surface area contributed by atoms with Gasteiger partial charge in [0.25, 0.3) is 0 Å². The number of aromatic nitrogens is 2. The largest absolute Gasteiger partial charge is 0.493 e. The van der Waals surface area contributed by atoms with Crippen molar-refractivity contribution in [1.29, 1.82) is 0 Å². The van der Waals surface area contributed by atoms with E-state index in [1.54, 1.807) is 13.0 Å². The molecule has 0 saturated carbocycles. The molecule has 9 heteroatoms. The van der Waals surface area contributed by atoms with Gasteiger partial charge in [0, 0.05) is 24.6 Å². The minimum absolute atomic E-state index is 0.118. The summed E-state index contributed by atoms with van der Waals surface area (Å²) in [5.41, 5.74) is 1.36. The highest BCUT2D eigenvalue weighted by molar-refractivity contribution is 7.89. The Morgan fingerprint density at radius 2 is 1.71 bits per heavy atom. The Morgan fingerprint density at radius 3 is 2.39 bits per heavy atom. The maximum atomic E-state index is 12.7. The lowest BCUT2D eigenvalue weighted by Gasteiger charge is -2.13. The molecular weight excluding hydrogens is 382 g/mol. The average Bonchev–Trinajstić information content (AvgIpc) is 3.17. The van der Waals surface area contributed by atoms with Crippen molar-refractivity contribution in [3.05, 3.63) is 53.9 Å². The van der Waals surface area contributed by atoms with Crippen LogP contribution in [0, 0.1) is 6.92 Å². The van der Waals surface area contributed by atoms with E-state index in [4.69, 9.17) is 13.9 Å². The number of methoxy groups -OCH3 is 2. The fourth-order valence-electron chi connectivity index (χ4n) is 2.67. The van der Waals surface area contributed by atoms with Crippen LogP contribution in [0.15, 0.2) is 51.8 Å². The molecule has 2 aromatic carbocycles. The third kappa shape index (κ3) is 4.32. The first-order chi connectivity index (χ1) is 13.4. The monoisotopic (exact) mass is 403 g/mol. The molecule has 0 unspecified atom stereocenters. The van der Waals surface area contributed by atoms with Crippen molar-refractivity contribution in [2.45, 2.75) is 18.2 Å². The van der Waals surface area contributed by atoms with Gasteiger partial charge in [-0.25, -0.2) is 13.1 Å². The van der Waals surface area contributed by atoms with Crippen molar-refractivity contribution >= 4 is 10.0 Å². The number of benzene rings is 2. The highest BCUT2D eigenvalue weighted by Crippen LogP contribution is 2.32. The van der Waals surface area contributed by atoms with Crippen molar-refractivity contribution in [2.75, 3.05) is 20.8 Å². The molecule has 0 radical (unpaired) electrons. The third-order valence-corrected chi connectivity index (χ3v) is 5.69. The van der Waals surface area contributed by atoms with Gasteiger partial charge in [-0.05, 0) is 30.7 Å². The first-order valence-electron chi connectivity index (χ1n) is 8.54. The molecule has 0 aliphatic carbocycles. The van der Waals surface area contributed by atoms with Crippen molar-refractivity contribution in [1.82, 2.24) is 14.9 Å². The second-order valence-electron chi connectivity index (χ2n) is 5.99. The van der Waals surface area contributed by atoms with Gasteiger partial charge in [0.15, 0.2) is 11.5 Å². The topological polar surface area (TPSA) is 104 Å². The molecule has 8 nitrogen and oxygen atoms in total. The van der Waals surface area contributed by atoms with Gasteiger partial charge in [0.1, 0.15) is 0 Å². The summed E-state index contributed by atoms with van der Waals surface area (Å²) in [6.07, 6.45) is 0.269. The molecule has 1 heterocycles. The average molecular weight is 403 g/mol. The molecule has 0 atom stereocenters. The Hall–Kier alpha value is -2.91. The van der Waals surface area contributed by atoms with Crippen LogP contribution in [0.4, 0.5) is 0 Å². The number of sulfonamides is 1. The van der Waals surface area contributed by atoms with Crippen LogP contribution >= 0.6 is 0 Å². The Morgan fingerprint density at radius 1 is 1.04 bits per heavy atom. The summed E-state index contributed by atoms with van der Waals surface area (Å²) >= 11 is 0. The van der Waals surface area contributed by atoms with Crippen LogP contribution in [-0.4, -0.2) is 39.4 Å². The van der Waals surface area contributed by atoms with Crippen LogP contribution in [0.5, 0.6) is 11.5 Å². The summed E-state index contributed by atoms with van der Waals surface area (Å²) in [7, 11) is -0.786. The number of hydrogen-bond donors (Lipinski definition) is 1. The number of rotatable bonds is 8. The van der Waals surface area contributed by atoms with Gasteiger partial charge < -0.3 is 13.9 Å². The number of nitrogens with one attached hydrogen (secondary N) is 1. The summed E-state index contributed by atoms with van der Waals surface area (Å²) in [5, 5.41) is 7.96. The van der Waals surface area contributed by atoms with Crippen molar-refractivity contribution < 1.29 is 22.3 Å². The zero-order valence-corrected chi connectivity index (χ0v) is 16.6. The second-order valence-corrected chi connectivity index (χ2v) is 7.72. The summed E-state index contributed by atoms with van der Waals surface area (Å²) in [6.45, 7) is 1.81. The molecule has 0 spiro atoms. The quantitative estimate of drug-likeness (QED) is 0.616. The van der Waals surface area contributed by atoms with E-state index < -0.39 is 10.0 Å². The van der Waals surface area contributed by atoms with Crippen LogP contribution in [0.25, 0.3) is 11.5 Å². The first-order valence-corrected chi connectivity index (χ1v) is 10.0. The SMILES string of the molecule is COc1cc(C)c(S(=O)(=O)NCCc2nnc(-c3ccccc3)o2)cc1OC. The molecule has 28 heavy (non-hydrogen) atoms. The van der Waals surface area contributed by atoms with Crippen LogP contribution in [0.3, 0.4) is 0 Å². The zero-order valence-electron chi connectivity index (χ0n) is 15.8. The first kappa shape index (κ1) is 19.8. The smallest absolute Gasteiger partial charge is 0.247 e. The molecule has 0 aliphatic rings. The molecule has 0 amide bonds. The van der Waals surface area contributed by atoms with E-state index in [0.29, 0.717) is 28.8 Å². The molecule has 0 saturated heterocycles. The number of aryl methyl sites for hydroxylation is 1. The van der Waals surface area contributed by atoms with E-state index in [9.17, 15) is 8.42 Å². The zero-order chi connectivity index (χ0) is 20.1. The molecule has 3 aromatic rings. The lowest BCUT2D eigenvalue weighted by molar-refractivity contribution is 0.353. The van der Waals surface area contributed by atoms with Crippen molar-refractivity contribution in [2.24, 2.45) is 0 Å². The van der Waals surface area contributed by atoms with Crippen LogP contribution in [-0.2, 0) is 16.4 Å². The van der Waals surface area contributed by atoms with E-state index in [1.165, 1.54) is 20.3 Å². The summed E-state index contributed by atoms with van der Waals surface area (Å²) < 4.78 is 43.9. The summed E-state index contributed by atoms with van der Waals surface area (Å²) in [4.78, 5) is 0.126. The highest BCUT2D eigenvalue weighted by atomic mass is 32.2. The molecule has 1 N–H and O–H groups in total. The van der Waals surface area contributed by atoms with Gasteiger partial charge in [0.05, 0.1) is 19.1 Å². The van der Waals surface area contributed by atoms with Crippen molar-refractivity contribution in [3.63, 3.8) is 0 Å². The van der Waals surface area contributed by atoms with E-state index >= 15 is 0 Å². The second kappa shape index (κ2) is 8.41. The highest BCUT2D eigenvalue weighted by Gasteiger charge is 2.20. The normalized spacial score (nSPS) is 11.4. The molecule has 3 rings (SSSR count). The molecule has 0 aliphatic heterocycles. The van der Waals surface area contributed by atoms with Gasteiger partial charge in [0.2, 0.25) is 21.8 Å². The van der Waals surface area contributed by atoms with Gasteiger partial charge in [-0.3, -0.25) is 0 Å². The Balaban J connectivity index is 1.68. The fourth-order valence-corrected chi connectivity index (χ4v) is 3.94. The predicted molar refractivity (Wildman–Crippen MR) is 103 cm³/mol. The summed E-state index contributed by atoms with van der Waals surface area (Å²) in [5.74, 6) is 1.57. The molecule has 0 fully saturated rings. The van der Waals surface area contributed by atoms with E-state index in [-0.39, 0.29) is 17.9 Å². The summed E-state index contributed by atoms with van der Waals surface area (Å²) in [6, 6.07) is 12.4. The molecular formula is C19H21N3O5S. The van der Waals surface area contributed by atoms with Gasteiger partial charge in [-0.15, -0.1) is 10.2 Å². The minimum atomic E-state index is -3.74.